The van der Waals surface area contributed by atoms with Crippen LogP contribution in [0.1, 0.15) is 27.6 Å². The van der Waals surface area contributed by atoms with E-state index in [4.69, 9.17) is 9.47 Å². The number of rotatable bonds is 4. The normalized spacial score (nSPS) is 10.6. The molecule has 1 N–H and O–H groups in total. The number of ether oxygens (including phenoxy) is 2. The number of benzene rings is 1. The van der Waals surface area contributed by atoms with Gasteiger partial charge in [-0.1, -0.05) is 12.1 Å². The molecule has 0 aliphatic carbocycles. The van der Waals surface area contributed by atoms with Crippen molar-refractivity contribution in [2.75, 3.05) is 13.7 Å². The molecule has 0 radical (unpaired) electrons. The first-order valence-electron chi connectivity index (χ1n) is 7.33. The monoisotopic (exact) mass is 325 g/mol. The van der Waals surface area contributed by atoms with Gasteiger partial charge in [-0.2, -0.15) is 0 Å². The highest BCUT2D eigenvalue weighted by Gasteiger charge is 2.19. The van der Waals surface area contributed by atoms with Gasteiger partial charge < -0.3 is 14.5 Å². The fraction of sp³-hybridized carbons (Fsp3) is 0.176. The molecule has 7 nitrogen and oxygen atoms in total. The van der Waals surface area contributed by atoms with Crippen LogP contribution in [0.5, 0.6) is 0 Å². The second-order valence-electron chi connectivity index (χ2n) is 4.94. The SMILES string of the molecule is CCOC(=O)c1c[nH]c2ncnc(-c3cccc(C(=O)OC)c3)c12. The Morgan fingerprint density at radius 2 is 2.04 bits per heavy atom. The number of methoxy groups -OCH3 is 1. The number of hydrogen-bond donors (Lipinski definition) is 1. The van der Waals surface area contributed by atoms with Crippen LogP contribution >= 0.6 is 0 Å². The standard InChI is InChI=1S/C17H15N3O4/c1-3-24-17(22)12-8-18-15-13(12)14(19-9-20-15)10-5-4-6-11(7-10)16(21)23-2/h4-9H,3H2,1-2H3,(H,18,19,20). The van der Waals surface area contributed by atoms with E-state index in [1.54, 1.807) is 37.4 Å². The van der Waals surface area contributed by atoms with Crippen LogP contribution in [-0.2, 0) is 9.47 Å². The molecule has 7 heteroatoms. The van der Waals surface area contributed by atoms with Gasteiger partial charge in [0, 0.05) is 11.8 Å². The molecule has 0 atom stereocenters. The first-order chi connectivity index (χ1) is 11.7. The number of aromatic amines is 1. The van der Waals surface area contributed by atoms with Gasteiger partial charge in [0.2, 0.25) is 0 Å². The molecule has 0 unspecified atom stereocenters. The number of H-pyrrole nitrogens is 1. The summed E-state index contributed by atoms with van der Waals surface area (Å²) in [6, 6.07) is 6.84. The van der Waals surface area contributed by atoms with Crippen molar-refractivity contribution in [2.24, 2.45) is 0 Å². The van der Waals surface area contributed by atoms with E-state index < -0.39 is 11.9 Å². The number of hydrogen-bond acceptors (Lipinski definition) is 6. The summed E-state index contributed by atoms with van der Waals surface area (Å²) in [5, 5.41) is 0.554. The Labute approximate surface area is 137 Å². The molecule has 1 aromatic carbocycles. The summed E-state index contributed by atoms with van der Waals surface area (Å²) in [4.78, 5) is 35.3. The van der Waals surface area contributed by atoms with Crippen LogP contribution in [0, 0.1) is 0 Å². The number of carbonyl (C=O) groups is 2. The lowest BCUT2D eigenvalue weighted by molar-refractivity contribution is 0.0527. The van der Waals surface area contributed by atoms with Crippen molar-refractivity contribution in [3.05, 3.63) is 47.9 Å². The van der Waals surface area contributed by atoms with Gasteiger partial charge in [-0.25, -0.2) is 19.6 Å². The lowest BCUT2D eigenvalue weighted by atomic mass is 10.0. The number of aromatic nitrogens is 3. The van der Waals surface area contributed by atoms with Crippen LogP contribution in [0.3, 0.4) is 0 Å². The van der Waals surface area contributed by atoms with Crippen LogP contribution in [0.4, 0.5) is 0 Å². The number of esters is 2. The second kappa shape index (κ2) is 6.49. The Bertz CT molecular complexity index is 917. The zero-order chi connectivity index (χ0) is 17.1. The van der Waals surface area contributed by atoms with Crippen molar-refractivity contribution < 1.29 is 19.1 Å². The number of fused-ring (bicyclic) bond motifs is 1. The van der Waals surface area contributed by atoms with Crippen LogP contribution in [0.15, 0.2) is 36.8 Å². The van der Waals surface area contributed by atoms with E-state index in [2.05, 4.69) is 15.0 Å². The lowest BCUT2D eigenvalue weighted by Crippen LogP contribution is -2.05. The second-order valence-corrected chi connectivity index (χ2v) is 4.94. The first kappa shape index (κ1) is 15.7. The highest BCUT2D eigenvalue weighted by Crippen LogP contribution is 2.29. The Morgan fingerprint density at radius 1 is 1.21 bits per heavy atom. The average Bonchev–Trinajstić information content (AvgIpc) is 3.05. The van der Waals surface area contributed by atoms with Gasteiger partial charge in [0.1, 0.15) is 12.0 Å². The van der Waals surface area contributed by atoms with Crippen molar-refractivity contribution in [2.45, 2.75) is 6.92 Å². The summed E-state index contributed by atoms with van der Waals surface area (Å²) in [6.07, 6.45) is 2.94. The fourth-order valence-electron chi connectivity index (χ4n) is 2.46. The zero-order valence-electron chi connectivity index (χ0n) is 13.2. The third-order valence-corrected chi connectivity index (χ3v) is 3.52. The topological polar surface area (TPSA) is 94.2 Å². The molecule has 0 aliphatic heterocycles. The zero-order valence-corrected chi connectivity index (χ0v) is 13.2. The lowest BCUT2D eigenvalue weighted by Gasteiger charge is -2.06. The summed E-state index contributed by atoms with van der Waals surface area (Å²) >= 11 is 0. The minimum absolute atomic E-state index is 0.270. The van der Waals surface area contributed by atoms with E-state index >= 15 is 0 Å². The van der Waals surface area contributed by atoms with Crippen molar-refractivity contribution in [3.63, 3.8) is 0 Å². The van der Waals surface area contributed by atoms with Crippen molar-refractivity contribution in [1.29, 1.82) is 0 Å². The molecule has 0 saturated carbocycles. The summed E-state index contributed by atoms with van der Waals surface area (Å²) in [5.74, 6) is -0.897. The highest BCUT2D eigenvalue weighted by molar-refractivity contribution is 6.08. The highest BCUT2D eigenvalue weighted by atomic mass is 16.5. The molecule has 3 aromatic rings. The third-order valence-electron chi connectivity index (χ3n) is 3.52. The van der Waals surface area contributed by atoms with E-state index in [-0.39, 0.29) is 6.61 Å². The van der Waals surface area contributed by atoms with Crippen LogP contribution < -0.4 is 0 Å². The third kappa shape index (κ3) is 2.71. The quantitative estimate of drug-likeness (QED) is 0.741. The molecule has 2 heterocycles. The van der Waals surface area contributed by atoms with Gasteiger partial charge in [-0.05, 0) is 19.1 Å². The average molecular weight is 325 g/mol. The molecule has 2 aromatic heterocycles. The summed E-state index contributed by atoms with van der Waals surface area (Å²) in [6.45, 7) is 2.01. The van der Waals surface area contributed by atoms with Crippen LogP contribution in [0.25, 0.3) is 22.3 Å². The number of carbonyl (C=O) groups excluding carboxylic acids is 2. The maximum atomic E-state index is 12.2. The molecule has 0 spiro atoms. The smallest absolute Gasteiger partial charge is 0.340 e. The van der Waals surface area contributed by atoms with E-state index in [9.17, 15) is 9.59 Å². The summed E-state index contributed by atoms with van der Waals surface area (Å²) in [7, 11) is 1.32. The Hall–Kier alpha value is -3.22. The minimum Gasteiger partial charge on any atom is -0.465 e. The molecule has 0 fully saturated rings. The van der Waals surface area contributed by atoms with Gasteiger partial charge in [0.05, 0.1) is 35.9 Å². The Morgan fingerprint density at radius 3 is 2.79 bits per heavy atom. The van der Waals surface area contributed by atoms with Crippen molar-refractivity contribution in [1.82, 2.24) is 15.0 Å². The van der Waals surface area contributed by atoms with Gasteiger partial charge in [0.15, 0.2) is 0 Å². The predicted molar refractivity (Wildman–Crippen MR) is 86.6 cm³/mol. The largest absolute Gasteiger partial charge is 0.465 e. The molecular weight excluding hydrogens is 310 g/mol. The van der Waals surface area contributed by atoms with Crippen LogP contribution in [-0.4, -0.2) is 40.6 Å². The number of nitrogens with one attached hydrogen (secondary N) is 1. The van der Waals surface area contributed by atoms with Gasteiger partial charge in [-0.3, -0.25) is 0 Å². The van der Waals surface area contributed by atoms with Crippen molar-refractivity contribution >= 4 is 23.0 Å². The molecular formula is C17H15N3O4. The van der Waals surface area contributed by atoms with Gasteiger partial charge >= 0.3 is 11.9 Å². The molecule has 122 valence electrons. The van der Waals surface area contributed by atoms with Crippen LogP contribution in [0.2, 0.25) is 0 Å². The maximum absolute atomic E-state index is 12.2. The first-order valence-corrected chi connectivity index (χ1v) is 7.33. The molecule has 3 rings (SSSR count). The van der Waals surface area contributed by atoms with E-state index in [0.717, 1.165) is 0 Å². The summed E-state index contributed by atoms with van der Waals surface area (Å²) in [5.41, 5.74) is 2.48. The van der Waals surface area contributed by atoms with Crippen molar-refractivity contribution in [3.8, 4) is 11.3 Å². The Kier molecular flexibility index (Phi) is 4.24. The van der Waals surface area contributed by atoms with E-state index in [1.807, 2.05) is 0 Å². The molecule has 24 heavy (non-hydrogen) atoms. The summed E-state index contributed by atoms with van der Waals surface area (Å²) < 4.78 is 9.82. The predicted octanol–water partition coefficient (Wildman–Crippen LogP) is 2.59. The van der Waals surface area contributed by atoms with E-state index in [1.165, 1.54) is 13.4 Å². The van der Waals surface area contributed by atoms with Gasteiger partial charge in [-0.15, -0.1) is 0 Å². The minimum atomic E-state index is -0.455. The molecule has 0 saturated heterocycles. The molecule has 0 bridgehead atoms. The molecule has 0 aliphatic rings. The van der Waals surface area contributed by atoms with E-state index in [0.29, 0.717) is 33.4 Å². The van der Waals surface area contributed by atoms with Gasteiger partial charge in [0.25, 0.3) is 0 Å². The fourth-order valence-corrected chi connectivity index (χ4v) is 2.46. The molecule has 0 amide bonds. The Balaban J connectivity index is 2.18. The maximum Gasteiger partial charge on any atom is 0.340 e. The number of nitrogens with zero attached hydrogens (tertiary/aromatic N) is 2.